The van der Waals surface area contributed by atoms with E-state index in [9.17, 15) is 0 Å². The molecule has 1 nitrogen and oxygen atoms in total. The van der Waals surface area contributed by atoms with Gasteiger partial charge in [0.15, 0.2) is 0 Å². The van der Waals surface area contributed by atoms with Crippen LogP contribution in [0, 0.1) is 5.92 Å². The smallest absolute Gasteiger partial charge is 0.0431 e. The molecule has 1 N–H and O–H groups in total. The van der Waals surface area contributed by atoms with E-state index < -0.39 is 0 Å². The van der Waals surface area contributed by atoms with Gasteiger partial charge < -0.3 is 5.11 Å². The number of aliphatic hydroxyl groups is 1. The number of aliphatic hydroxyl groups excluding tert-OH is 1. The van der Waals surface area contributed by atoms with E-state index >= 15 is 0 Å². The number of halogens is 1. The third kappa shape index (κ3) is 3.85. The maximum absolute atomic E-state index is 8.69. The summed E-state index contributed by atoms with van der Waals surface area (Å²) >= 11 is 5.96. The molecule has 2 heteroatoms. The Hall–Kier alpha value is -0.270. The van der Waals surface area contributed by atoms with Crippen molar-refractivity contribution in [3.63, 3.8) is 0 Å². The van der Waals surface area contributed by atoms with Gasteiger partial charge in [-0.05, 0) is 37.7 Å². The molecule has 1 aliphatic rings. The zero-order valence-corrected chi connectivity index (χ0v) is 9.56. The van der Waals surface area contributed by atoms with Gasteiger partial charge >= 0.3 is 0 Å². The highest BCUT2D eigenvalue weighted by molar-refractivity contribution is 6.31. The first-order chi connectivity index (χ1) is 6.74. The normalized spacial score (nSPS) is 18.8. The fourth-order valence-electron chi connectivity index (χ4n) is 1.82. The molecule has 1 aliphatic carbocycles. The minimum absolute atomic E-state index is 0.312. The molecule has 0 amide bonds. The predicted molar refractivity (Wildman–Crippen MR) is 61.4 cm³/mol. The van der Waals surface area contributed by atoms with Gasteiger partial charge in [-0.3, -0.25) is 0 Å². The van der Waals surface area contributed by atoms with E-state index in [-0.39, 0.29) is 0 Å². The number of hydrogen-bond acceptors (Lipinski definition) is 1. The van der Waals surface area contributed by atoms with Crippen LogP contribution in [0.15, 0.2) is 22.8 Å². The molecule has 0 radical (unpaired) electrons. The lowest BCUT2D eigenvalue weighted by molar-refractivity contribution is 0.280. The van der Waals surface area contributed by atoms with E-state index in [0.29, 0.717) is 12.5 Å². The first-order valence-electron chi connectivity index (χ1n) is 5.41. The molecule has 1 atom stereocenters. The first-order valence-corrected chi connectivity index (χ1v) is 5.79. The second kappa shape index (κ2) is 6.26. The van der Waals surface area contributed by atoms with E-state index in [1.165, 1.54) is 5.57 Å². The topological polar surface area (TPSA) is 20.2 Å². The van der Waals surface area contributed by atoms with Crippen LogP contribution in [0.3, 0.4) is 0 Å². The van der Waals surface area contributed by atoms with Crippen LogP contribution < -0.4 is 0 Å². The predicted octanol–water partition coefficient (Wildman–Crippen LogP) is 3.63. The van der Waals surface area contributed by atoms with Gasteiger partial charge in [0, 0.05) is 11.6 Å². The summed E-state index contributed by atoms with van der Waals surface area (Å²) in [5.74, 6) is 0.615. The van der Waals surface area contributed by atoms with E-state index in [0.717, 1.165) is 37.1 Å². The molecule has 0 aliphatic heterocycles. The zero-order chi connectivity index (χ0) is 10.4. The summed E-state index contributed by atoms with van der Waals surface area (Å²) < 4.78 is 0. The highest BCUT2D eigenvalue weighted by atomic mass is 35.5. The average Bonchev–Trinajstić information content (AvgIpc) is 2.18. The van der Waals surface area contributed by atoms with Crippen LogP contribution in [0.5, 0.6) is 0 Å². The maximum atomic E-state index is 8.69. The van der Waals surface area contributed by atoms with Gasteiger partial charge in [-0.2, -0.15) is 0 Å². The van der Waals surface area contributed by atoms with Gasteiger partial charge in [-0.15, -0.1) is 0 Å². The van der Waals surface area contributed by atoms with E-state index in [1.54, 1.807) is 0 Å². The summed E-state index contributed by atoms with van der Waals surface area (Å²) in [6.45, 7) is 2.56. The van der Waals surface area contributed by atoms with Crippen LogP contribution in [0.25, 0.3) is 0 Å². The molecule has 0 aromatic carbocycles. The fourth-order valence-corrected chi connectivity index (χ4v) is 2.07. The molecule has 1 rings (SSSR count). The molecule has 0 saturated carbocycles. The van der Waals surface area contributed by atoms with Crippen molar-refractivity contribution >= 4 is 11.6 Å². The molecule has 0 saturated heterocycles. The van der Waals surface area contributed by atoms with Crippen LogP contribution >= 0.6 is 11.6 Å². The Bertz CT molecular complexity index is 230. The molecular weight excluding hydrogens is 196 g/mol. The average molecular weight is 215 g/mol. The van der Waals surface area contributed by atoms with Gasteiger partial charge in [0.1, 0.15) is 0 Å². The highest BCUT2D eigenvalue weighted by Crippen LogP contribution is 2.28. The summed E-state index contributed by atoms with van der Waals surface area (Å²) in [5.41, 5.74) is 1.47. The van der Waals surface area contributed by atoms with Crippen molar-refractivity contribution in [2.75, 3.05) is 6.61 Å². The first kappa shape index (κ1) is 11.8. The van der Waals surface area contributed by atoms with E-state index in [2.05, 4.69) is 19.1 Å². The number of hydrogen-bond donors (Lipinski definition) is 1. The Kier molecular flexibility index (Phi) is 5.28. The van der Waals surface area contributed by atoms with Crippen molar-refractivity contribution in [1.29, 1.82) is 0 Å². The lowest BCUT2D eigenvalue weighted by Gasteiger charge is -2.18. The van der Waals surface area contributed by atoms with E-state index in [1.807, 2.05) is 0 Å². The van der Waals surface area contributed by atoms with E-state index in [4.69, 9.17) is 16.7 Å². The quantitative estimate of drug-likeness (QED) is 0.693. The molecule has 0 aromatic rings. The Morgan fingerprint density at radius 2 is 2.29 bits per heavy atom. The molecule has 80 valence electrons. The van der Waals surface area contributed by atoms with Crippen molar-refractivity contribution < 1.29 is 5.11 Å². The SMILES string of the molecule is CC(CCCCO)C1=CC(Cl)=CCC1. The van der Waals surface area contributed by atoms with Crippen LogP contribution in [-0.4, -0.2) is 11.7 Å². The lowest BCUT2D eigenvalue weighted by atomic mass is 9.89. The molecule has 0 aromatic heterocycles. The fraction of sp³-hybridized carbons (Fsp3) is 0.667. The lowest BCUT2D eigenvalue weighted by Crippen LogP contribution is -2.02. The van der Waals surface area contributed by atoms with Gasteiger partial charge in [0.2, 0.25) is 0 Å². The summed E-state index contributed by atoms with van der Waals surface area (Å²) in [5, 5.41) is 9.58. The van der Waals surface area contributed by atoms with Crippen molar-refractivity contribution in [1.82, 2.24) is 0 Å². The van der Waals surface area contributed by atoms with Crippen LogP contribution in [0.1, 0.15) is 39.0 Å². The monoisotopic (exact) mass is 214 g/mol. The van der Waals surface area contributed by atoms with Crippen molar-refractivity contribution in [3.8, 4) is 0 Å². The molecule has 0 bridgehead atoms. The Balaban J connectivity index is 2.36. The second-order valence-electron chi connectivity index (χ2n) is 3.97. The third-order valence-electron chi connectivity index (χ3n) is 2.77. The molecule has 0 heterocycles. The molecule has 0 spiro atoms. The van der Waals surface area contributed by atoms with Gasteiger partial charge in [0.25, 0.3) is 0 Å². The Labute approximate surface area is 91.5 Å². The van der Waals surface area contributed by atoms with Crippen molar-refractivity contribution in [3.05, 3.63) is 22.8 Å². The van der Waals surface area contributed by atoms with Gasteiger partial charge in [0.05, 0.1) is 0 Å². The number of rotatable bonds is 5. The minimum atomic E-state index is 0.312. The number of unbranched alkanes of at least 4 members (excludes halogenated alkanes) is 1. The summed E-state index contributed by atoms with van der Waals surface area (Å²) in [6, 6.07) is 0. The standard InChI is InChI=1S/C12H19ClO/c1-10(5-2-3-8-14)11-6-4-7-12(13)9-11/h7,9-10,14H,2-6,8H2,1H3. The Morgan fingerprint density at radius 1 is 1.50 bits per heavy atom. The van der Waals surface area contributed by atoms with Crippen molar-refractivity contribution in [2.45, 2.75) is 39.0 Å². The van der Waals surface area contributed by atoms with Crippen LogP contribution in [-0.2, 0) is 0 Å². The summed E-state index contributed by atoms with van der Waals surface area (Å²) in [4.78, 5) is 0. The summed E-state index contributed by atoms with van der Waals surface area (Å²) in [7, 11) is 0. The maximum Gasteiger partial charge on any atom is 0.0431 e. The van der Waals surface area contributed by atoms with Crippen LogP contribution in [0.2, 0.25) is 0 Å². The summed E-state index contributed by atoms with van der Waals surface area (Å²) in [6.07, 6.45) is 9.60. The van der Waals surface area contributed by atoms with Gasteiger partial charge in [-0.1, -0.05) is 36.6 Å². The largest absolute Gasteiger partial charge is 0.396 e. The second-order valence-corrected chi connectivity index (χ2v) is 4.40. The van der Waals surface area contributed by atoms with Crippen molar-refractivity contribution in [2.24, 2.45) is 5.92 Å². The zero-order valence-electron chi connectivity index (χ0n) is 8.80. The molecule has 1 unspecified atom stereocenters. The van der Waals surface area contributed by atoms with Gasteiger partial charge in [-0.25, -0.2) is 0 Å². The third-order valence-corrected chi connectivity index (χ3v) is 3.04. The highest BCUT2D eigenvalue weighted by Gasteiger charge is 2.11. The minimum Gasteiger partial charge on any atom is -0.396 e. The molecule has 0 fully saturated rings. The number of allylic oxidation sites excluding steroid dienone is 4. The Morgan fingerprint density at radius 3 is 2.93 bits per heavy atom. The molecule has 14 heavy (non-hydrogen) atoms. The van der Waals surface area contributed by atoms with Crippen LogP contribution in [0.4, 0.5) is 0 Å². The molecular formula is C12H19ClO.